The molecule has 0 bridgehead atoms. The first kappa shape index (κ1) is 20.5. The van der Waals surface area contributed by atoms with Crippen LogP contribution in [0.4, 0.5) is 14.7 Å². The van der Waals surface area contributed by atoms with Gasteiger partial charge in [-0.25, -0.2) is 18.7 Å². The largest absolute Gasteiger partial charge is 0.360 e. The Morgan fingerprint density at radius 2 is 2.12 bits per heavy atom. The van der Waals surface area contributed by atoms with E-state index < -0.39 is 12.8 Å². The third-order valence-corrected chi connectivity index (χ3v) is 4.63. The number of anilines is 1. The van der Waals surface area contributed by atoms with Crippen LogP contribution in [0.1, 0.15) is 25.1 Å². The molecule has 3 rings (SSSR count). The monoisotopic (exact) mass is 398 g/mol. The highest BCUT2D eigenvalue weighted by molar-refractivity contribution is 8.00. The zero-order valence-electron chi connectivity index (χ0n) is 14.8. The van der Waals surface area contributed by atoms with Crippen LogP contribution in [0.15, 0.2) is 35.5 Å². The molecule has 0 fully saturated rings. The molecule has 2 aromatic heterocycles. The average molecular weight is 399 g/mol. The van der Waals surface area contributed by atoms with Gasteiger partial charge in [-0.3, -0.25) is 4.72 Å². The Bertz CT molecular complexity index is 856. The molecule has 26 heavy (non-hydrogen) atoms. The van der Waals surface area contributed by atoms with Crippen LogP contribution in [0.25, 0.3) is 10.9 Å². The zero-order valence-corrected chi connectivity index (χ0v) is 16.4. The Morgan fingerprint density at radius 3 is 2.81 bits per heavy atom. The summed E-state index contributed by atoms with van der Waals surface area (Å²) in [7, 11) is 0. The van der Waals surface area contributed by atoms with E-state index in [2.05, 4.69) is 19.7 Å². The molecule has 2 heterocycles. The maximum atomic E-state index is 13.1. The highest BCUT2D eigenvalue weighted by Gasteiger charge is 2.12. The lowest BCUT2D eigenvalue weighted by Gasteiger charge is -2.09. The van der Waals surface area contributed by atoms with Gasteiger partial charge in [0.2, 0.25) is 5.95 Å². The summed E-state index contributed by atoms with van der Waals surface area (Å²) in [6.07, 6.45) is 1.87. The van der Waals surface area contributed by atoms with Crippen molar-refractivity contribution < 1.29 is 8.78 Å². The lowest BCUT2D eigenvalue weighted by molar-refractivity contribution is 0.259. The van der Waals surface area contributed by atoms with Gasteiger partial charge in [0.1, 0.15) is 12.8 Å². The molecular formula is C18H21ClF2N4S. The Morgan fingerprint density at radius 1 is 1.35 bits per heavy atom. The van der Waals surface area contributed by atoms with Crippen molar-refractivity contribution in [2.45, 2.75) is 38.3 Å². The van der Waals surface area contributed by atoms with Crippen molar-refractivity contribution in [1.82, 2.24) is 15.0 Å². The molecule has 140 valence electrons. The summed E-state index contributed by atoms with van der Waals surface area (Å²) >= 11 is 7.33. The number of nitrogens with one attached hydrogen (secondary N) is 2. The molecule has 0 saturated carbocycles. The van der Waals surface area contributed by atoms with Crippen molar-refractivity contribution in [1.29, 1.82) is 0 Å². The van der Waals surface area contributed by atoms with Crippen molar-refractivity contribution in [2.24, 2.45) is 0 Å². The number of rotatable bonds is 6. The maximum absolute atomic E-state index is 13.1. The number of fused-ring (bicyclic) bond motifs is 1. The van der Waals surface area contributed by atoms with Gasteiger partial charge in [-0.2, -0.15) is 0 Å². The van der Waals surface area contributed by atoms with Crippen LogP contribution in [0.2, 0.25) is 5.02 Å². The first-order chi connectivity index (χ1) is 12.6. The van der Waals surface area contributed by atoms with E-state index >= 15 is 0 Å². The molecule has 4 nitrogen and oxygen atoms in total. The van der Waals surface area contributed by atoms with Gasteiger partial charge in [0.05, 0.1) is 4.90 Å². The molecule has 8 heteroatoms. The Balaban J connectivity index is 0.00000117. The molecule has 0 aliphatic rings. The van der Waals surface area contributed by atoms with Crippen molar-refractivity contribution in [3.05, 3.63) is 46.9 Å². The van der Waals surface area contributed by atoms with Crippen molar-refractivity contribution in [3.8, 4) is 0 Å². The summed E-state index contributed by atoms with van der Waals surface area (Å²) in [5.41, 5.74) is 2.19. The second-order valence-corrected chi connectivity index (χ2v) is 6.59. The highest BCUT2D eigenvalue weighted by atomic mass is 35.5. The van der Waals surface area contributed by atoms with Crippen molar-refractivity contribution in [3.63, 3.8) is 0 Å². The molecule has 3 aromatic rings. The van der Waals surface area contributed by atoms with E-state index in [9.17, 15) is 8.78 Å². The molecule has 1 aromatic carbocycles. The lowest BCUT2D eigenvalue weighted by Crippen LogP contribution is -2.10. The summed E-state index contributed by atoms with van der Waals surface area (Å²) in [5, 5.41) is 1.70. The van der Waals surface area contributed by atoms with Crippen LogP contribution in [0.5, 0.6) is 0 Å². The predicted molar refractivity (Wildman–Crippen MR) is 105 cm³/mol. The van der Waals surface area contributed by atoms with Gasteiger partial charge in [-0.05, 0) is 36.6 Å². The molecule has 0 aliphatic heterocycles. The second-order valence-electron chi connectivity index (χ2n) is 5.31. The van der Waals surface area contributed by atoms with Gasteiger partial charge in [0.15, 0.2) is 0 Å². The number of hydrogen-bond donors (Lipinski definition) is 2. The van der Waals surface area contributed by atoms with Gasteiger partial charge in [-0.1, -0.05) is 31.5 Å². The van der Waals surface area contributed by atoms with Crippen LogP contribution >= 0.6 is 23.5 Å². The lowest BCUT2D eigenvalue weighted by atomic mass is 10.1. The highest BCUT2D eigenvalue weighted by Crippen LogP contribution is 2.29. The number of hydrogen-bond acceptors (Lipinski definition) is 4. The zero-order chi connectivity index (χ0) is 19.1. The van der Waals surface area contributed by atoms with E-state index in [0.717, 1.165) is 15.8 Å². The Kier molecular flexibility index (Phi) is 7.66. The molecule has 1 atom stereocenters. The van der Waals surface area contributed by atoms with E-state index in [-0.39, 0.29) is 6.42 Å². The number of benzene rings is 1. The number of aromatic nitrogens is 3. The minimum absolute atomic E-state index is 0.0149. The second kappa shape index (κ2) is 9.73. The van der Waals surface area contributed by atoms with E-state index in [1.165, 1.54) is 18.1 Å². The summed E-state index contributed by atoms with van der Waals surface area (Å²) in [4.78, 5) is 12.6. The van der Waals surface area contributed by atoms with Crippen LogP contribution in [0.3, 0.4) is 0 Å². The molecular weight excluding hydrogens is 378 g/mol. The van der Waals surface area contributed by atoms with E-state index in [4.69, 9.17) is 11.6 Å². The molecule has 0 aliphatic carbocycles. The molecule has 0 amide bonds. The van der Waals surface area contributed by atoms with Crippen LogP contribution in [0, 0.1) is 6.92 Å². The van der Waals surface area contributed by atoms with E-state index in [1.54, 1.807) is 6.92 Å². The van der Waals surface area contributed by atoms with Crippen molar-refractivity contribution >= 4 is 40.4 Å². The summed E-state index contributed by atoms with van der Waals surface area (Å²) in [6, 6.07) is 5.62. The topological polar surface area (TPSA) is 53.6 Å². The molecule has 0 spiro atoms. The van der Waals surface area contributed by atoms with Gasteiger partial charge in [0, 0.05) is 40.4 Å². The Labute approximate surface area is 160 Å². The fourth-order valence-corrected chi connectivity index (χ4v) is 3.17. The Hall–Kier alpha value is -1.86. The van der Waals surface area contributed by atoms with E-state index in [1.807, 2.05) is 38.2 Å². The SMILES string of the molecule is CC.Cc1nc(NSc2c[nH]c3cc(Cl)ccc23)ncc1CC(F)CF. The van der Waals surface area contributed by atoms with Gasteiger partial charge in [0.25, 0.3) is 0 Å². The van der Waals surface area contributed by atoms with Crippen LogP contribution in [-0.2, 0) is 6.42 Å². The predicted octanol–water partition coefficient (Wildman–Crippen LogP) is 5.92. The number of alkyl halides is 2. The molecule has 2 N–H and O–H groups in total. The minimum atomic E-state index is -1.52. The third-order valence-electron chi connectivity index (χ3n) is 3.55. The van der Waals surface area contributed by atoms with Gasteiger partial charge >= 0.3 is 0 Å². The standard InChI is InChI=1S/C16H15ClF2N4S.C2H6/c1-9-10(4-12(19)6-18)7-21-16(22-9)23-24-15-8-20-14-5-11(17)2-3-13(14)15;1-2/h2-3,5,7-8,12,20H,4,6H2,1H3,(H,21,22,23);1-2H3. The fourth-order valence-electron chi connectivity index (χ4n) is 2.29. The summed E-state index contributed by atoms with van der Waals surface area (Å²) < 4.78 is 28.5. The summed E-state index contributed by atoms with van der Waals surface area (Å²) in [5.74, 6) is 0.417. The number of nitrogens with zero attached hydrogens (tertiary/aromatic N) is 2. The average Bonchev–Trinajstić information content (AvgIpc) is 3.05. The van der Waals surface area contributed by atoms with E-state index in [0.29, 0.717) is 22.2 Å². The quantitative estimate of drug-likeness (QED) is 0.506. The summed E-state index contributed by atoms with van der Waals surface area (Å²) in [6.45, 7) is 4.76. The molecule has 0 radical (unpaired) electrons. The molecule has 0 saturated heterocycles. The number of H-pyrrole nitrogens is 1. The normalized spacial score (nSPS) is 11.8. The van der Waals surface area contributed by atoms with Crippen LogP contribution in [-0.4, -0.2) is 27.8 Å². The fraction of sp³-hybridized carbons (Fsp3) is 0.333. The minimum Gasteiger partial charge on any atom is -0.360 e. The number of aryl methyl sites for hydroxylation is 1. The van der Waals surface area contributed by atoms with Crippen LogP contribution < -0.4 is 4.72 Å². The smallest absolute Gasteiger partial charge is 0.233 e. The van der Waals surface area contributed by atoms with Gasteiger partial charge < -0.3 is 4.98 Å². The molecule has 1 unspecified atom stereocenters. The van der Waals surface area contributed by atoms with Gasteiger partial charge in [-0.15, -0.1) is 0 Å². The maximum Gasteiger partial charge on any atom is 0.233 e. The number of aromatic amines is 1. The number of halogens is 3. The first-order valence-electron chi connectivity index (χ1n) is 8.29. The first-order valence-corrected chi connectivity index (χ1v) is 9.48. The van der Waals surface area contributed by atoms with Crippen molar-refractivity contribution in [2.75, 3.05) is 11.4 Å². The third kappa shape index (κ3) is 5.08.